The standard InChI is InChI=1S/C13H10ClNO2S/c1-8-11(7-16)15-13(18-8)6-12(17)9-2-4-10(14)5-3-9/h2-5,7H,6H2,1H3. The van der Waals surface area contributed by atoms with Crippen LogP contribution in [0.1, 0.15) is 30.7 Å². The van der Waals surface area contributed by atoms with Crippen molar-refractivity contribution in [2.75, 3.05) is 0 Å². The molecule has 18 heavy (non-hydrogen) atoms. The van der Waals surface area contributed by atoms with Crippen molar-refractivity contribution in [2.24, 2.45) is 0 Å². The Hall–Kier alpha value is -1.52. The molecule has 1 heterocycles. The molecule has 3 nitrogen and oxygen atoms in total. The van der Waals surface area contributed by atoms with E-state index in [9.17, 15) is 9.59 Å². The maximum absolute atomic E-state index is 12.0. The minimum Gasteiger partial charge on any atom is -0.296 e. The van der Waals surface area contributed by atoms with E-state index in [-0.39, 0.29) is 12.2 Å². The maximum Gasteiger partial charge on any atom is 0.169 e. The number of nitrogens with zero attached hydrogens (tertiary/aromatic N) is 1. The smallest absolute Gasteiger partial charge is 0.169 e. The molecular formula is C13H10ClNO2S. The average Bonchev–Trinajstić information content (AvgIpc) is 2.70. The van der Waals surface area contributed by atoms with E-state index in [1.54, 1.807) is 24.3 Å². The second-order valence-corrected chi connectivity index (χ2v) is 5.50. The van der Waals surface area contributed by atoms with Gasteiger partial charge in [0.15, 0.2) is 12.1 Å². The number of thiazole rings is 1. The molecule has 0 fully saturated rings. The maximum atomic E-state index is 12.0. The zero-order valence-electron chi connectivity index (χ0n) is 9.64. The van der Waals surface area contributed by atoms with Crippen molar-refractivity contribution in [3.8, 4) is 0 Å². The minimum atomic E-state index is -0.0298. The van der Waals surface area contributed by atoms with Gasteiger partial charge in [0, 0.05) is 15.5 Å². The Bertz CT molecular complexity index is 590. The third-order valence-electron chi connectivity index (χ3n) is 2.47. The number of aromatic nitrogens is 1. The van der Waals surface area contributed by atoms with Crippen LogP contribution in [0.3, 0.4) is 0 Å². The number of carbonyl (C=O) groups is 2. The van der Waals surface area contributed by atoms with Crippen molar-refractivity contribution in [1.82, 2.24) is 4.98 Å². The molecule has 1 aromatic heterocycles. The summed E-state index contributed by atoms with van der Waals surface area (Å²) in [6, 6.07) is 6.73. The van der Waals surface area contributed by atoms with Crippen LogP contribution in [0.2, 0.25) is 5.02 Å². The molecule has 2 aromatic rings. The van der Waals surface area contributed by atoms with Gasteiger partial charge in [-0.1, -0.05) is 11.6 Å². The zero-order valence-corrected chi connectivity index (χ0v) is 11.2. The second-order valence-electron chi connectivity index (χ2n) is 3.77. The van der Waals surface area contributed by atoms with Gasteiger partial charge in [-0.3, -0.25) is 9.59 Å². The molecule has 5 heteroatoms. The van der Waals surface area contributed by atoms with E-state index in [2.05, 4.69) is 4.98 Å². The molecule has 0 spiro atoms. The second kappa shape index (κ2) is 5.42. The first-order valence-electron chi connectivity index (χ1n) is 5.30. The molecule has 0 amide bonds. The van der Waals surface area contributed by atoms with E-state index in [0.717, 1.165) is 4.88 Å². The fourth-order valence-electron chi connectivity index (χ4n) is 1.53. The zero-order chi connectivity index (χ0) is 13.1. The van der Waals surface area contributed by atoms with Gasteiger partial charge in [-0.2, -0.15) is 0 Å². The fourth-order valence-corrected chi connectivity index (χ4v) is 2.55. The predicted molar refractivity (Wildman–Crippen MR) is 71.7 cm³/mol. The quantitative estimate of drug-likeness (QED) is 0.637. The molecular weight excluding hydrogens is 270 g/mol. The normalized spacial score (nSPS) is 10.3. The Morgan fingerprint density at radius 3 is 2.61 bits per heavy atom. The van der Waals surface area contributed by atoms with Crippen molar-refractivity contribution in [3.63, 3.8) is 0 Å². The summed E-state index contributed by atoms with van der Waals surface area (Å²) < 4.78 is 0. The average molecular weight is 280 g/mol. The SMILES string of the molecule is Cc1sc(CC(=O)c2ccc(Cl)cc2)nc1C=O. The molecule has 0 aliphatic heterocycles. The Morgan fingerprint density at radius 1 is 1.39 bits per heavy atom. The molecule has 0 saturated heterocycles. The van der Waals surface area contributed by atoms with Crippen LogP contribution in [0.25, 0.3) is 0 Å². The van der Waals surface area contributed by atoms with E-state index in [0.29, 0.717) is 27.6 Å². The number of Topliss-reactive ketones (excluding diaryl/α,β-unsaturated/α-hetero) is 1. The number of benzene rings is 1. The summed E-state index contributed by atoms with van der Waals surface area (Å²) in [7, 11) is 0. The monoisotopic (exact) mass is 279 g/mol. The highest BCUT2D eigenvalue weighted by Gasteiger charge is 2.12. The molecule has 2 rings (SSSR count). The molecule has 0 aliphatic carbocycles. The lowest BCUT2D eigenvalue weighted by Gasteiger charge is -1.98. The molecule has 1 aromatic carbocycles. The van der Waals surface area contributed by atoms with E-state index in [4.69, 9.17) is 11.6 Å². The number of ketones is 1. The van der Waals surface area contributed by atoms with Crippen molar-refractivity contribution >= 4 is 35.0 Å². The largest absolute Gasteiger partial charge is 0.296 e. The van der Waals surface area contributed by atoms with Gasteiger partial charge in [-0.25, -0.2) is 4.98 Å². The summed E-state index contributed by atoms with van der Waals surface area (Å²) in [5.41, 5.74) is 1.01. The summed E-state index contributed by atoms with van der Waals surface area (Å²) in [5.74, 6) is -0.0298. The Morgan fingerprint density at radius 2 is 2.06 bits per heavy atom. The number of hydrogen-bond acceptors (Lipinski definition) is 4. The van der Waals surface area contributed by atoms with Gasteiger partial charge >= 0.3 is 0 Å². The van der Waals surface area contributed by atoms with Gasteiger partial charge in [-0.15, -0.1) is 11.3 Å². The lowest BCUT2D eigenvalue weighted by atomic mass is 10.1. The van der Waals surface area contributed by atoms with Crippen molar-refractivity contribution in [2.45, 2.75) is 13.3 Å². The molecule has 0 N–H and O–H groups in total. The van der Waals surface area contributed by atoms with Crippen LogP contribution in [0.15, 0.2) is 24.3 Å². The van der Waals surface area contributed by atoms with Crippen LogP contribution in [-0.4, -0.2) is 17.1 Å². The van der Waals surface area contributed by atoms with Gasteiger partial charge in [0.2, 0.25) is 0 Å². The number of aldehydes is 1. The van der Waals surface area contributed by atoms with Gasteiger partial charge < -0.3 is 0 Å². The molecule has 0 bridgehead atoms. The summed E-state index contributed by atoms with van der Waals surface area (Å²) in [6.07, 6.45) is 0.920. The van der Waals surface area contributed by atoms with Crippen LogP contribution in [0, 0.1) is 6.92 Å². The molecule has 0 atom stereocenters. The first-order chi connectivity index (χ1) is 8.60. The van der Waals surface area contributed by atoms with Crippen LogP contribution >= 0.6 is 22.9 Å². The van der Waals surface area contributed by atoms with Crippen molar-refractivity contribution in [1.29, 1.82) is 0 Å². The third kappa shape index (κ3) is 2.83. The number of halogens is 1. The van der Waals surface area contributed by atoms with Crippen molar-refractivity contribution in [3.05, 3.63) is 50.4 Å². The molecule has 0 saturated carbocycles. The Balaban J connectivity index is 2.15. The van der Waals surface area contributed by atoms with Gasteiger partial charge in [-0.05, 0) is 31.2 Å². The summed E-state index contributed by atoms with van der Waals surface area (Å²) in [6.45, 7) is 1.82. The molecule has 0 aliphatic rings. The van der Waals surface area contributed by atoms with E-state index in [1.807, 2.05) is 6.92 Å². The highest BCUT2D eigenvalue weighted by molar-refractivity contribution is 7.11. The molecule has 0 unspecified atom stereocenters. The Labute approximate surface area is 113 Å². The van der Waals surface area contributed by atoms with Gasteiger partial charge in [0.1, 0.15) is 10.7 Å². The van der Waals surface area contributed by atoms with Gasteiger partial charge in [0.25, 0.3) is 0 Å². The lowest BCUT2D eigenvalue weighted by molar-refractivity contribution is 0.0992. The summed E-state index contributed by atoms with van der Waals surface area (Å²) in [4.78, 5) is 27.6. The first-order valence-corrected chi connectivity index (χ1v) is 6.50. The summed E-state index contributed by atoms with van der Waals surface area (Å²) in [5, 5.41) is 1.26. The first kappa shape index (κ1) is 12.9. The molecule has 92 valence electrons. The number of hydrogen-bond donors (Lipinski definition) is 0. The van der Waals surface area contributed by atoms with E-state index >= 15 is 0 Å². The van der Waals surface area contributed by atoms with E-state index in [1.165, 1.54) is 11.3 Å². The van der Waals surface area contributed by atoms with Crippen LogP contribution in [0.5, 0.6) is 0 Å². The number of rotatable bonds is 4. The van der Waals surface area contributed by atoms with Crippen molar-refractivity contribution < 1.29 is 9.59 Å². The topological polar surface area (TPSA) is 47.0 Å². The van der Waals surface area contributed by atoms with Gasteiger partial charge in [0.05, 0.1) is 6.42 Å². The minimum absolute atomic E-state index is 0.0298. The number of carbonyl (C=O) groups excluding carboxylic acids is 2. The Kier molecular flexibility index (Phi) is 3.89. The van der Waals surface area contributed by atoms with E-state index < -0.39 is 0 Å². The number of aryl methyl sites for hydroxylation is 1. The predicted octanol–water partition coefficient (Wildman–Crippen LogP) is 3.34. The fraction of sp³-hybridized carbons (Fsp3) is 0.154. The summed E-state index contributed by atoms with van der Waals surface area (Å²) >= 11 is 7.13. The van der Waals surface area contributed by atoms with Crippen LogP contribution in [0.4, 0.5) is 0 Å². The highest BCUT2D eigenvalue weighted by atomic mass is 35.5. The highest BCUT2D eigenvalue weighted by Crippen LogP contribution is 2.18. The lowest BCUT2D eigenvalue weighted by Crippen LogP contribution is -2.03. The van der Waals surface area contributed by atoms with Crippen LogP contribution in [-0.2, 0) is 6.42 Å². The van der Waals surface area contributed by atoms with Crippen LogP contribution < -0.4 is 0 Å². The third-order valence-corrected chi connectivity index (χ3v) is 3.70. The molecule has 0 radical (unpaired) electrons.